The van der Waals surface area contributed by atoms with Crippen LogP contribution in [0.25, 0.3) is 0 Å². The SMILES string of the molecule is COc1cc(Cl)cc(CC(C)N)c1OCCn1ccnc1. The van der Waals surface area contributed by atoms with Gasteiger partial charge in [0.15, 0.2) is 11.5 Å². The second-order valence-corrected chi connectivity index (χ2v) is 5.36. The van der Waals surface area contributed by atoms with Crippen molar-refractivity contribution in [3.8, 4) is 11.5 Å². The van der Waals surface area contributed by atoms with Crippen LogP contribution in [0.2, 0.25) is 5.02 Å². The van der Waals surface area contributed by atoms with Gasteiger partial charge < -0.3 is 19.8 Å². The topological polar surface area (TPSA) is 62.3 Å². The smallest absolute Gasteiger partial charge is 0.164 e. The minimum atomic E-state index is 0.0178. The van der Waals surface area contributed by atoms with Crippen LogP contribution in [0.15, 0.2) is 30.9 Å². The molecule has 6 heteroatoms. The number of benzene rings is 1. The molecule has 0 aliphatic heterocycles. The van der Waals surface area contributed by atoms with E-state index in [4.69, 9.17) is 26.8 Å². The van der Waals surface area contributed by atoms with Crippen molar-refractivity contribution in [2.24, 2.45) is 5.73 Å². The third kappa shape index (κ3) is 4.37. The van der Waals surface area contributed by atoms with Crippen molar-refractivity contribution in [3.63, 3.8) is 0 Å². The van der Waals surface area contributed by atoms with Crippen molar-refractivity contribution in [2.75, 3.05) is 13.7 Å². The van der Waals surface area contributed by atoms with Crippen molar-refractivity contribution in [1.29, 1.82) is 0 Å². The number of nitrogens with zero attached hydrogens (tertiary/aromatic N) is 2. The monoisotopic (exact) mass is 309 g/mol. The number of imidazole rings is 1. The zero-order valence-electron chi connectivity index (χ0n) is 12.3. The lowest BCUT2D eigenvalue weighted by Crippen LogP contribution is -2.19. The van der Waals surface area contributed by atoms with Gasteiger partial charge in [-0.2, -0.15) is 0 Å². The highest BCUT2D eigenvalue weighted by Gasteiger charge is 2.14. The van der Waals surface area contributed by atoms with Crippen LogP contribution in [0.1, 0.15) is 12.5 Å². The highest BCUT2D eigenvalue weighted by molar-refractivity contribution is 6.30. The molecule has 0 radical (unpaired) electrons. The fraction of sp³-hybridized carbons (Fsp3) is 0.400. The van der Waals surface area contributed by atoms with E-state index in [9.17, 15) is 0 Å². The summed E-state index contributed by atoms with van der Waals surface area (Å²) in [6.07, 6.45) is 6.07. The molecule has 0 amide bonds. The fourth-order valence-corrected chi connectivity index (χ4v) is 2.34. The molecule has 0 spiro atoms. The molecule has 0 saturated carbocycles. The highest BCUT2D eigenvalue weighted by atomic mass is 35.5. The first-order chi connectivity index (χ1) is 10.1. The molecule has 0 fully saturated rings. The van der Waals surface area contributed by atoms with E-state index < -0.39 is 0 Å². The number of hydrogen-bond acceptors (Lipinski definition) is 4. The number of halogens is 1. The predicted octanol–water partition coefficient (Wildman–Crippen LogP) is 2.51. The van der Waals surface area contributed by atoms with Gasteiger partial charge in [-0.15, -0.1) is 0 Å². The number of nitrogens with two attached hydrogens (primary N) is 1. The third-order valence-electron chi connectivity index (χ3n) is 3.01. The number of methoxy groups -OCH3 is 1. The van der Waals surface area contributed by atoms with Crippen LogP contribution in [-0.2, 0) is 13.0 Å². The van der Waals surface area contributed by atoms with E-state index in [2.05, 4.69) is 4.98 Å². The summed E-state index contributed by atoms with van der Waals surface area (Å²) < 4.78 is 13.2. The number of hydrogen-bond donors (Lipinski definition) is 1. The Morgan fingerprint density at radius 1 is 1.43 bits per heavy atom. The van der Waals surface area contributed by atoms with E-state index in [1.165, 1.54) is 0 Å². The molecular weight excluding hydrogens is 290 g/mol. The van der Waals surface area contributed by atoms with Crippen LogP contribution in [0, 0.1) is 0 Å². The normalized spacial score (nSPS) is 12.2. The van der Waals surface area contributed by atoms with E-state index in [0.717, 1.165) is 5.56 Å². The Balaban J connectivity index is 2.14. The Morgan fingerprint density at radius 2 is 2.24 bits per heavy atom. The van der Waals surface area contributed by atoms with Gasteiger partial charge in [0.05, 0.1) is 20.0 Å². The summed E-state index contributed by atoms with van der Waals surface area (Å²) in [6.45, 7) is 3.17. The van der Waals surface area contributed by atoms with Gasteiger partial charge in [-0.05, 0) is 19.4 Å². The Bertz CT molecular complexity index is 571. The van der Waals surface area contributed by atoms with Gasteiger partial charge in [0.2, 0.25) is 0 Å². The lowest BCUT2D eigenvalue weighted by molar-refractivity contribution is 0.276. The molecule has 1 aromatic carbocycles. The summed E-state index contributed by atoms with van der Waals surface area (Å²) in [5.41, 5.74) is 6.85. The number of rotatable bonds is 7. The van der Waals surface area contributed by atoms with Crippen molar-refractivity contribution < 1.29 is 9.47 Å². The van der Waals surface area contributed by atoms with Gasteiger partial charge in [0.1, 0.15) is 6.61 Å². The quantitative estimate of drug-likeness (QED) is 0.853. The lowest BCUT2D eigenvalue weighted by Gasteiger charge is -2.17. The van der Waals surface area contributed by atoms with E-state index in [1.807, 2.05) is 23.8 Å². The van der Waals surface area contributed by atoms with Crippen LogP contribution >= 0.6 is 11.6 Å². The van der Waals surface area contributed by atoms with Gasteiger partial charge in [-0.1, -0.05) is 11.6 Å². The molecule has 5 nitrogen and oxygen atoms in total. The van der Waals surface area contributed by atoms with Crippen LogP contribution in [-0.4, -0.2) is 29.3 Å². The maximum Gasteiger partial charge on any atom is 0.164 e. The van der Waals surface area contributed by atoms with Gasteiger partial charge in [0.25, 0.3) is 0 Å². The van der Waals surface area contributed by atoms with Crippen LogP contribution in [0.5, 0.6) is 11.5 Å². The summed E-state index contributed by atoms with van der Waals surface area (Å²) in [5, 5.41) is 0.615. The Kier molecular flexibility index (Phi) is 5.47. The maximum absolute atomic E-state index is 6.11. The van der Waals surface area contributed by atoms with E-state index >= 15 is 0 Å². The molecule has 1 aromatic heterocycles. The zero-order chi connectivity index (χ0) is 15.2. The van der Waals surface area contributed by atoms with Crippen LogP contribution in [0.4, 0.5) is 0 Å². The highest BCUT2D eigenvalue weighted by Crippen LogP contribution is 2.35. The molecular formula is C15H20ClN3O2. The molecule has 1 heterocycles. The van der Waals surface area contributed by atoms with Crippen LogP contribution in [0.3, 0.4) is 0 Å². The molecule has 2 aromatic rings. The first kappa shape index (κ1) is 15.7. The molecule has 1 unspecified atom stereocenters. The molecule has 0 bridgehead atoms. The summed E-state index contributed by atoms with van der Waals surface area (Å²) in [6, 6.07) is 3.64. The van der Waals surface area contributed by atoms with Crippen molar-refractivity contribution in [1.82, 2.24) is 9.55 Å². The summed E-state index contributed by atoms with van der Waals surface area (Å²) >= 11 is 6.11. The van der Waals surface area contributed by atoms with Crippen molar-refractivity contribution >= 4 is 11.6 Å². The van der Waals surface area contributed by atoms with Crippen LogP contribution < -0.4 is 15.2 Å². The molecule has 0 aliphatic rings. The van der Waals surface area contributed by atoms with Gasteiger partial charge in [-0.3, -0.25) is 0 Å². The zero-order valence-corrected chi connectivity index (χ0v) is 13.0. The minimum Gasteiger partial charge on any atom is -0.493 e. The van der Waals surface area contributed by atoms with Crippen molar-refractivity contribution in [3.05, 3.63) is 41.4 Å². The average Bonchev–Trinajstić information content (AvgIpc) is 2.93. The first-order valence-electron chi connectivity index (χ1n) is 6.80. The second-order valence-electron chi connectivity index (χ2n) is 4.93. The summed E-state index contributed by atoms with van der Waals surface area (Å²) in [5.74, 6) is 1.34. The first-order valence-corrected chi connectivity index (χ1v) is 7.18. The molecule has 2 rings (SSSR count). The van der Waals surface area contributed by atoms with Gasteiger partial charge in [0, 0.05) is 35.1 Å². The Hall–Kier alpha value is -1.72. The molecule has 0 saturated heterocycles. The molecule has 1 atom stereocenters. The standard InChI is InChI=1S/C15H20ClN3O2/c1-11(17)7-12-8-13(16)9-14(20-2)15(12)21-6-5-19-4-3-18-10-19/h3-4,8-11H,5-7,17H2,1-2H3. The van der Waals surface area contributed by atoms with E-state index in [0.29, 0.717) is 36.1 Å². The van der Waals surface area contributed by atoms with Gasteiger partial charge in [-0.25, -0.2) is 4.98 Å². The fourth-order valence-electron chi connectivity index (χ4n) is 2.11. The lowest BCUT2D eigenvalue weighted by atomic mass is 10.1. The molecule has 21 heavy (non-hydrogen) atoms. The summed E-state index contributed by atoms with van der Waals surface area (Å²) in [7, 11) is 1.60. The number of ether oxygens (including phenoxy) is 2. The van der Waals surface area contributed by atoms with Crippen molar-refractivity contribution in [2.45, 2.75) is 25.9 Å². The average molecular weight is 310 g/mol. The maximum atomic E-state index is 6.11. The second kappa shape index (κ2) is 7.33. The molecule has 0 aliphatic carbocycles. The largest absolute Gasteiger partial charge is 0.493 e. The predicted molar refractivity (Wildman–Crippen MR) is 83.1 cm³/mol. The molecule has 114 valence electrons. The Labute approximate surface area is 129 Å². The minimum absolute atomic E-state index is 0.0178. The molecule has 2 N–H and O–H groups in total. The van der Waals surface area contributed by atoms with E-state index in [1.54, 1.807) is 25.7 Å². The number of aromatic nitrogens is 2. The third-order valence-corrected chi connectivity index (χ3v) is 3.23. The Morgan fingerprint density at radius 3 is 2.86 bits per heavy atom. The van der Waals surface area contributed by atoms with Gasteiger partial charge >= 0.3 is 0 Å². The summed E-state index contributed by atoms with van der Waals surface area (Å²) in [4.78, 5) is 4.00. The van der Waals surface area contributed by atoms with E-state index in [-0.39, 0.29) is 6.04 Å².